The second-order valence-electron chi connectivity index (χ2n) is 7.16. The number of pyridine rings is 1. The van der Waals surface area contributed by atoms with Crippen LogP contribution in [0.4, 0.5) is 5.69 Å². The molecule has 1 aromatic carbocycles. The van der Waals surface area contributed by atoms with Crippen LogP contribution in [0.25, 0.3) is 11.4 Å². The van der Waals surface area contributed by atoms with Gasteiger partial charge in [0, 0.05) is 50.8 Å². The van der Waals surface area contributed by atoms with Gasteiger partial charge in [0.15, 0.2) is 10.6 Å². The van der Waals surface area contributed by atoms with Crippen molar-refractivity contribution in [2.24, 2.45) is 0 Å². The predicted octanol–water partition coefficient (Wildman–Crippen LogP) is 3.45. The zero-order chi connectivity index (χ0) is 20.9. The smallest absolute Gasteiger partial charge is 0.199 e. The van der Waals surface area contributed by atoms with Crippen LogP contribution >= 0.6 is 12.2 Å². The summed E-state index contributed by atoms with van der Waals surface area (Å²) in [5.41, 5.74) is 2.14. The molecule has 0 unspecified atom stereocenters. The fraction of sp³-hybridized carbons (Fsp3) is 0.318. The van der Waals surface area contributed by atoms with Crippen molar-refractivity contribution in [1.82, 2.24) is 24.2 Å². The van der Waals surface area contributed by atoms with Gasteiger partial charge in [-0.3, -0.25) is 14.5 Å². The van der Waals surface area contributed by atoms with Crippen molar-refractivity contribution in [2.75, 3.05) is 38.2 Å². The highest BCUT2D eigenvalue weighted by molar-refractivity contribution is 7.71. The van der Waals surface area contributed by atoms with Crippen LogP contribution in [0.2, 0.25) is 0 Å². The maximum Gasteiger partial charge on any atom is 0.199 e. The predicted molar refractivity (Wildman–Crippen MR) is 121 cm³/mol. The van der Waals surface area contributed by atoms with Crippen LogP contribution in [0.15, 0.2) is 61.4 Å². The van der Waals surface area contributed by atoms with Gasteiger partial charge in [-0.05, 0) is 36.5 Å². The number of allylic oxidation sites excluding steroid dienone is 1. The molecule has 0 bridgehead atoms. The van der Waals surface area contributed by atoms with Gasteiger partial charge in [-0.15, -0.1) is 6.58 Å². The lowest BCUT2D eigenvalue weighted by Crippen LogP contribution is -2.47. The standard InChI is InChI=1S/C22H26N6OS/c1-3-12-27-21(19-6-4-5-7-20(19)29-2)24-28(22(27)30)17-25-13-15-26(16-14-25)18-8-10-23-11-9-18/h3-11H,1,12-17H2,2H3. The van der Waals surface area contributed by atoms with E-state index >= 15 is 0 Å². The van der Waals surface area contributed by atoms with E-state index < -0.39 is 0 Å². The van der Waals surface area contributed by atoms with E-state index in [-0.39, 0.29) is 0 Å². The number of piperazine rings is 1. The van der Waals surface area contributed by atoms with Gasteiger partial charge >= 0.3 is 0 Å². The molecule has 4 rings (SSSR count). The molecule has 0 amide bonds. The van der Waals surface area contributed by atoms with Gasteiger partial charge in [0.2, 0.25) is 0 Å². The molecule has 8 heteroatoms. The molecule has 3 heterocycles. The summed E-state index contributed by atoms with van der Waals surface area (Å²) in [4.78, 5) is 8.87. The van der Waals surface area contributed by atoms with Gasteiger partial charge in [0.05, 0.1) is 19.3 Å². The van der Waals surface area contributed by atoms with E-state index in [4.69, 9.17) is 22.1 Å². The number of rotatable bonds is 7. The number of methoxy groups -OCH3 is 1. The molecule has 1 fully saturated rings. The monoisotopic (exact) mass is 422 g/mol. The van der Waals surface area contributed by atoms with Crippen molar-refractivity contribution < 1.29 is 4.74 Å². The van der Waals surface area contributed by atoms with Crippen LogP contribution in [0.5, 0.6) is 5.75 Å². The van der Waals surface area contributed by atoms with Crippen molar-refractivity contribution in [2.45, 2.75) is 13.2 Å². The highest BCUT2D eigenvalue weighted by atomic mass is 32.1. The largest absolute Gasteiger partial charge is 0.496 e. The molecule has 7 nitrogen and oxygen atoms in total. The van der Waals surface area contributed by atoms with Crippen LogP contribution < -0.4 is 9.64 Å². The Labute approximate surface area is 181 Å². The minimum atomic E-state index is 0.599. The SMILES string of the molecule is C=CCn1c(-c2ccccc2OC)nn(CN2CCN(c3ccncc3)CC2)c1=S. The molecule has 3 aromatic rings. The summed E-state index contributed by atoms with van der Waals surface area (Å²) in [5, 5.41) is 4.86. The van der Waals surface area contributed by atoms with Crippen molar-refractivity contribution in [3.05, 3.63) is 66.2 Å². The molecule has 1 saturated heterocycles. The molecule has 0 atom stereocenters. The van der Waals surface area contributed by atoms with Crippen LogP contribution in [-0.4, -0.2) is 57.5 Å². The second kappa shape index (κ2) is 9.23. The lowest BCUT2D eigenvalue weighted by atomic mass is 10.2. The van der Waals surface area contributed by atoms with E-state index in [2.05, 4.69) is 33.5 Å². The summed E-state index contributed by atoms with van der Waals surface area (Å²) in [7, 11) is 1.67. The quantitative estimate of drug-likeness (QED) is 0.429. The number of para-hydroxylation sites is 1. The Morgan fingerprint density at radius 3 is 2.53 bits per heavy atom. The summed E-state index contributed by atoms with van der Waals surface area (Å²) in [6, 6.07) is 12.0. The molecule has 0 spiro atoms. The first kappa shape index (κ1) is 20.3. The summed E-state index contributed by atoms with van der Waals surface area (Å²) in [6.45, 7) is 8.96. The van der Waals surface area contributed by atoms with Gasteiger partial charge in [0.25, 0.3) is 0 Å². The zero-order valence-electron chi connectivity index (χ0n) is 17.1. The average Bonchev–Trinajstić information content (AvgIpc) is 3.10. The average molecular weight is 423 g/mol. The number of hydrogen-bond acceptors (Lipinski definition) is 6. The van der Waals surface area contributed by atoms with Crippen molar-refractivity contribution in [3.63, 3.8) is 0 Å². The van der Waals surface area contributed by atoms with E-state index in [0.29, 0.717) is 18.0 Å². The van der Waals surface area contributed by atoms with Crippen LogP contribution in [-0.2, 0) is 13.2 Å². The molecule has 0 radical (unpaired) electrons. The maximum atomic E-state index is 5.76. The Balaban J connectivity index is 1.54. The molecule has 156 valence electrons. The fourth-order valence-corrected chi connectivity index (χ4v) is 4.01. The van der Waals surface area contributed by atoms with Gasteiger partial charge in [0.1, 0.15) is 5.75 Å². The van der Waals surface area contributed by atoms with E-state index in [1.807, 2.05) is 52.0 Å². The molecular formula is C22H26N6OS. The van der Waals surface area contributed by atoms with Gasteiger partial charge in [-0.2, -0.15) is 5.10 Å². The molecule has 1 aliphatic rings. The maximum absolute atomic E-state index is 5.76. The minimum absolute atomic E-state index is 0.599. The lowest BCUT2D eigenvalue weighted by Gasteiger charge is -2.35. The normalized spacial score (nSPS) is 14.6. The summed E-state index contributed by atoms with van der Waals surface area (Å²) in [5.74, 6) is 1.58. The Hall–Kier alpha value is -2.97. The second-order valence-corrected chi connectivity index (χ2v) is 7.52. The summed E-state index contributed by atoms with van der Waals surface area (Å²) in [6.07, 6.45) is 5.52. The van der Waals surface area contributed by atoms with Gasteiger partial charge in [-0.25, -0.2) is 4.68 Å². The Bertz CT molecular complexity index is 1050. The third-order valence-corrected chi connectivity index (χ3v) is 5.75. The number of benzene rings is 1. The lowest BCUT2D eigenvalue weighted by molar-refractivity contribution is 0.194. The Morgan fingerprint density at radius 2 is 1.83 bits per heavy atom. The molecule has 30 heavy (non-hydrogen) atoms. The van der Waals surface area contributed by atoms with E-state index in [0.717, 1.165) is 43.3 Å². The number of ether oxygens (including phenoxy) is 1. The number of hydrogen-bond donors (Lipinski definition) is 0. The van der Waals surface area contributed by atoms with Crippen LogP contribution in [0.3, 0.4) is 0 Å². The molecule has 0 N–H and O–H groups in total. The van der Waals surface area contributed by atoms with E-state index in [1.54, 1.807) is 7.11 Å². The Morgan fingerprint density at radius 1 is 1.10 bits per heavy atom. The minimum Gasteiger partial charge on any atom is -0.496 e. The molecule has 1 aliphatic heterocycles. The van der Waals surface area contributed by atoms with Gasteiger partial charge in [-0.1, -0.05) is 18.2 Å². The van der Waals surface area contributed by atoms with E-state index in [1.165, 1.54) is 5.69 Å². The number of anilines is 1. The molecule has 0 aliphatic carbocycles. The number of aromatic nitrogens is 4. The van der Waals surface area contributed by atoms with Crippen molar-refractivity contribution >= 4 is 17.9 Å². The topological polar surface area (TPSA) is 51.4 Å². The third kappa shape index (κ3) is 4.15. The van der Waals surface area contributed by atoms with Crippen molar-refractivity contribution in [1.29, 1.82) is 0 Å². The molecular weight excluding hydrogens is 396 g/mol. The Kier molecular flexibility index (Phi) is 6.25. The van der Waals surface area contributed by atoms with E-state index in [9.17, 15) is 0 Å². The third-order valence-electron chi connectivity index (χ3n) is 5.32. The van der Waals surface area contributed by atoms with Crippen molar-refractivity contribution in [3.8, 4) is 17.1 Å². The molecule has 0 saturated carbocycles. The molecule has 2 aromatic heterocycles. The van der Waals surface area contributed by atoms with Crippen LogP contribution in [0.1, 0.15) is 0 Å². The highest BCUT2D eigenvalue weighted by Crippen LogP contribution is 2.29. The van der Waals surface area contributed by atoms with Gasteiger partial charge < -0.3 is 9.64 Å². The summed E-state index contributed by atoms with van der Waals surface area (Å²) < 4.78 is 10.1. The first-order valence-corrected chi connectivity index (χ1v) is 10.4. The highest BCUT2D eigenvalue weighted by Gasteiger charge is 2.20. The zero-order valence-corrected chi connectivity index (χ0v) is 18.0. The first-order chi connectivity index (χ1) is 14.7. The summed E-state index contributed by atoms with van der Waals surface area (Å²) >= 11 is 5.76. The fourth-order valence-electron chi connectivity index (χ4n) is 3.75. The first-order valence-electron chi connectivity index (χ1n) is 10.0. The van der Waals surface area contributed by atoms with Crippen LogP contribution in [0, 0.1) is 4.77 Å². The number of nitrogens with zero attached hydrogens (tertiary/aromatic N) is 6.